The van der Waals surface area contributed by atoms with Gasteiger partial charge in [-0.3, -0.25) is 0 Å². The number of hydrogen-bond donors (Lipinski definition) is 0. The van der Waals surface area contributed by atoms with Crippen LogP contribution in [-0.4, -0.2) is 27.2 Å². The van der Waals surface area contributed by atoms with Crippen LogP contribution in [0.25, 0.3) is 0 Å². The first-order chi connectivity index (χ1) is 8.18. The molecule has 0 aliphatic heterocycles. The predicted octanol–water partition coefficient (Wildman–Crippen LogP) is 3.52. The molecule has 0 heterocycles. The molecule has 0 radical (unpaired) electrons. The van der Waals surface area contributed by atoms with Crippen LogP contribution < -0.4 is 9.80 Å². The predicted molar refractivity (Wildman–Crippen MR) is 76.0 cm³/mol. The van der Waals surface area contributed by atoms with Gasteiger partial charge in [-0.05, 0) is 37.1 Å². The van der Waals surface area contributed by atoms with E-state index in [-0.39, 0.29) is 0 Å². The summed E-state index contributed by atoms with van der Waals surface area (Å²) in [5.74, 6) is 0. The second-order valence-corrected chi connectivity index (χ2v) is 5.31. The molecule has 2 heteroatoms. The van der Waals surface area contributed by atoms with E-state index < -0.39 is 0 Å². The third-order valence-corrected chi connectivity index (χ3v) is 3.90. The van der Waals surface area contributed by atoms with Crippen molar-refractivity contribution in [2.24, 2.45) is 0 Å². The molecule has 0 saturated heterocycles. The molecule has 0 amide bonds. The topological polar surface area (TPSA) is 6.48 Å². The smallest absolute Gasteiger partial charge is 0.0367 e. The van der Waals surface area contributed by atoms with Crippen molar-refractivity contribution < 1.29 is 0 Å². The highest BCUT2D eigenvalue weighted by molar-refractivity contribution is 5.55. The van der Waals surface area contributed by atoms with E-state index in [0.29, 0.717) is 0 Å². The fourth-order valence-corrected chi connectivity index (χ4v) is 2.67. The van der Waals surface area contributed by atoms with Crippen LogP contribution in [0.3, 0.4) is 0 Å². The van der Waals surface area contributed by atoms with Crippen LogP contribution in [0.5, 0.6) is 0 Å². The molecule has 0 unspecified atom stereocenters. The second kappa shape index (κ2) is 5.44. The summed E-state index contributed by atoms with van der Waals surface area (Å²) >= 11 is 0. The molecular weight excluding hydrogens is 208 g/mol. The minimum atomic E-state index is 0.744. The first-order valence-electron chi connectivity index (χ1n) is 6.68. The third kappa shape index (κ3) is 2.93. The van der Waals surface area contributed by atoms with Gasteiger partial charge in [0, 0.05) is 38.6 Å². The molecule has 2 rings (SSSR count). The van der Waals surface area contributed by atoms with Gasteiger partial charge >= 0.3 is 0 Å². The summed E-state index contributed by atoms with van der Waals surface area (Å²) in [4.78, 5) is 4.60. The van der Waals surface area contributed by atoms with Crippen molar-refractivity contribution in [1.82, 2.24) is 0 Å². The Bertz CT molecular complexity index is 336. The summed E-state index contributed by atoms with van der Waals surface area (Å²) in [7, 11) is 6.40. The van der Waals surface area contributed by atoms with Crippen molar-refractivity contribution in [3.63, 3.8) is 0 Å². The summed E-state index contributed by atoms with van der Waals surface area (Å²) in [6, 6.07) is 9.63. The zero-order valence-corrected chi connectivity index (χ0v) is 11.3. The van der Waals surface area contributed by atoms with E-state index in [0.717, 1.165) is 6.04 Å². The van der Waals surface area contributed by atoms with Gasteiger partial charge in [-0.15, -0.1) is 0 Å². The summed E-state index contributed by atoms with van der Waals surface area (Å²) in [5, 5.41) is 0. The Kier molecular flexibility index (Phi) is 3.93. The van der Waals surface area contributed by atoms with Crippen LogP contribution in [0.15, 0.2) is 24.3 Å². The Hall–Kier alpha value is -1.18. The van der Waals surface area contributed by atoms with E-state index >= 15 is 0 Å². The van der Waals surface area contributed by atoms with Gasteiger partial charge < -0.3 is 9.80 Å². The SMILES string of the molecule is CN(C)c1ccc(N(C)C2CCCCC2)cc1. The van der Waals surface area contributed by atoms with Gasteiger partial charge in [-0.25, -0.2) is 0 Å². The molecular formula is C15H24N2. The van der Waals surface area contributed by atoms with Gasteiger partial charge in [-0.2, -0.15) is 0 Å². The monoisotopic (exact) mass is 232 g/mol. The van der Waals surface area contributed by atoms with E-state index in [2.05, 4.69) is 55.2 Å². The van der Waals surface area contributed by atoms with Crippen LogP contribution in [0.2, 0.25) is 0 Å². The van der Waals surface area contributed by atoms with Gasteiger partial charge in [0.2, 0.25) is 0 Å². The lowest BCUT2D eigenvalue weighted by atomic mass is 9.94. The number of nitrogens with zero attached hydrogens (tertiary/aromatic N) is 2. The minimum absolute atomic E-state index is 0.744. The van der Waals surface area contributed by atoms with Crippen molar-refractivity contribution in [2.75, 3.05) is 30.9 Å². The van der Waals surface area contributed by atoms with Crippen LogP contribution in [0.4, 0.5) is 11.4 Å². The molecule has 1 fully saturated rings. The number of hydrogen-bond acceptors (Lipinski definition) is 2. The molecule has 0 bridgehead atoms. The van der Waals surface area contributed by atoms with Crippen molar-refractivity contribution in [3.05, 3.63) is 24.3 Å². The van der Waals surface area contributed by atoms with Gasteiger partial charge in [0.1, 0.15) is 0 Å². The molecule has 1 aromatic rings. The van der Waals surface area contributed by atoms with Crippen LogP contribution in [0.1, 0.15) is 32.1 Å². The molecule has 17 heavy (non-hydrogen) atoms. The molecule has 1 aliphatic carbocycles. The fourth-order valence-electron chi connectivity index (χ4n) is 2.67. The lowest BCUT2D eigenvalue weighted by Crippen LogP contribution is -2.33. The van der Waals surface area contributed by atoms with E-state index in [1.54, 1.807) is 0 Å². The Labute approximate surface area is 105 Å². The quantitative estimate of drug-likeness (QED) is 0.786. The van der Waals surface area contributed by atoms with Crippen LogP contribution in [0, 0.1) is 0 Å². The largest absolute Gasteiger partial charge is 0.378 e. The first-order valence-corrected chi connectivity index (χ1v) is 6.68. The Morgan fingerprint density at radius 1 is 0.824 bits per heavy atom. The average molecular weight is 232 g/mol. The second-order valence-electron chi connectivity index (χ2n) is 5.31. The van der Waals surface area contributed by atoms with Gasteiger partial charge in [0.15, 0.2) is 0 Å². The Morgan fingerprint density at radius 3 is 1.88 bits per heavy atom. The number of anilines is 2. The molecule has 0 atom stereocenters. The zero-order valence-electron chi connectivity index (χ0n) is 11.3. The van der Waals surface area contributed by atoms with Crippen molar-refractivity contribution in [3.8, 4) is 0 Å². The van der Waals surface area contributed by atoms with E-state index in [9.17, 15) is 0 Å². The van der Waals surface area contributed by atoms with Crippen molar-refractivity contribution in [2.45, 2.75) is 38.1 Å². The summed E-state index contributed by atoms with van der Waals surface area (Å²) < 4.78 is 0. The summed E-state index contributed by atoms with van der Waals surface area (Å²) in [6.45, 7) is 0. The molecule has 0 aromatic heterocycles. The number of benzene rings is 1. The van der Waals surface area contributed by atoms with Crippen molar-refractivity contribution in [1.29, 1.82) is 0 Å². The van der Waals surface area contributed by atoms with E-state index in [1.807, 2.05) is 0 Å². The van der Waals surface area contributed by atoms with Crippen LogP contribution >= 0.6 is 0 Å². The highest BCUT2D eigenvalue weighted by atomic mass is 15.1. The van der Waals surface area contributed by atoms with Gasteiger partial charge in [0.05, 0.1) is 0 Å². The standard InChI is InChI=1S/C15H24N2/c1-16(2)13-9-11-15(12-10-13)17(3)14-7-5-4-6-8-14/h9-12,14H,4-8H2,1-3H3. The molecule has 0 N–H and O–H groups in total. The maximum Gasteiger partial charge on any atom is 0.0367 e. The molecule has 94 valence electrons. The Morgan fingerprint density at radius 2 is 1.35 bits per heavy atom. The molecule has 2 nitrogen and oxygen atoms in total. The summed E-state index contributed by atoms with van der Waals surface area (Å²) in [6.07, 6.45) is 6.91. The molecule has 0 spiro atoms. The average Bonchev–Trinajstić information content (AvgIpc) is 2.39. The highest BCUT2D eigenvalue weighted by Crippen LogP contribution is 2.27. The van der Waals surface area contributed by atoms with Gasteiger partial charge in [0.25, 0.3) is 0 Å². The van der Waals surface area contributed by atoms with E-state index in [4.69, 9.17) is 0 Å². The van der Waals surface area contributed by atoms with Crippen LogP contribution in [-0.2, 0) is 0 Å². The Balaban J connectivity index is 2.05. The molecule has 1 aliphatic rings. The minimum Gasteiger partial charge on any atom is -0.378 e. The fraction of sp³-hybridized carbons (Fsp3) is 0.600. The van der Waals surface area contributed by atoms with E-state index in [1.165, 1.54) is 43.5 Å². The molecule has 1 saturated carbocycles. The van der Waals surface area contributed by atoms with Gasteiger partial charge in [-0.1, -0.05) is 19.3 Å². The summed E-state index contributed by atoms with van der Waals surface area (Å²) in [5.41, 5.74) is 2.62. The molecule has 1 aromatic carbocycles. The normalized spacial score (nSPS) is 16.9. The lowest BCUT2D eigenvalue weighted by molar-refractivity contribution is 0.427. The highest BCUT2D eigenvalue weighted by Gasteiger charge is 2.18. The number of rotatable bonds is 3. The first kappa shape index (κ1) is 12.3. The zero-order chi connectivity index (χ0) is 12.3. The van der Waals surface area contributed by atoms with Crippen molar-refractivity contribution >= 4 is 11.4 Å². The lowest BCUT2D eigenvalue weighted by Gasteiger charge is -2.33. The third-order valence-electron chi connectivity index (χ3n) is 3.90. The maximum absolute atomic E-state index is 2.46. The maximum atomic E-state index is 2.46.